The molecule has 8 nitrogen and oxygen atoms in total. The number of nitrogens with two attached hydrogens (primary N) is 1. The largest absolute Gasteiger partial charge is 0.366 e. The Morgan fingerprint density at radius 1 is 1.30 bits per heavy atom. The number of hydrogen-bond acceptors (Lipinski definition) is 6. The van der Waals surface area contributed by atoms with Crippen LogP contribution >= 0.6 is 0 Å². The maximum atomic E-state index is 12.2. The molecule has 0 atom stereocenters. The van der Waals surface area contributed by atoms with E-state index in [0.29, 0.717) is 12.3 Å². The minimum absolute atomic E-state index is 0.101. The third-order valence-electron chi connectivity index (χ3n) is 3.60. The number of hydrogen-bond donors (Lipinski definition) is 2. The normalized spacial score (nSPS) is 10.9. The van der Waals surface area contributed by atoms with Crippen LogP contribution in [0.1, 0.15) is 22.6 Å². The Morgan fingerprint density at radius 2 is 2.13 bits per heavy atom. The van der Waals surface area contributed by atoms with Crippen molar-refractivity contribution in [3.05, 3.63) is 47.0 Å². The summed E-state index contributed by atoms with van der Waals surface area (Å²) in [6, 6.07) is 5.58. The van der Waals surface area contributed by atoms with Gasteiger partial charge in [-0.3, -0.25) is 9.78 Å². The average Bonchev–Trinajstić information content (AvgIpc) is 2.91. The van der Waals surface area contributed by atoms with Crippen molar-refractivity contribution in [2.45, 2.75) is 26.8 Å². The number of pyridine rings is 1. The molecule has 0 bridgehead atoms. The molecule has 8 heteroatoms. The van der Waals surface area contributed by atoms with E-state index in [4.69, 9.17) is 5.73 Å². The van der Waals surface area contributed by atoms with Crippen molar-refractivity contribution in [2.24, 2.45) is 0 Å². The quantitative estimate of drug-likeness (QED) is 0.729. The summed E-state index contributed by atoms with van der Waals surface area (Å²) in [5, 5.41) is 6.95. The van der Waals surface area contributed by atoms with Crippen LogP contribution in [0.3, 0.4) is 0 Å². The molecule has 0 aliphatic carbocycles. The highest BCUT2D eigenvalue weighted by molar-refractivity contribution is 5.79. The molecule has 0 spiro atoms. The van der Waals surface area contributed by atoms with Gasteiger partial charge in [-0.1, -0.05) is 6.07 Å². The number of anilines is 1. The fourth-order valence-corrected chi connectivity index (χ4v) is 2.39. The highest BCUT2D eigenvalue weighted by Crippen LogP contribution is 2.14. The van der Waals surface area contributed by atoms with E-state index in [2.05, 4.69) is 25.4 Å². The van der Waals surface area contributed by atoms with Crippen LogP contribution in [0.5, 0.6) is 0 Å². The Kier molecular flexibility index (Phi) is 3.88. The van der Waals surface area contributed by atoms with Gasteiger partial charge in [0.05, 0.1) is 18.7 Å². The summed E-state index contributed by atoms with van der Waals surface area (Å²) < 4.78 is 1.56. The highest BCUT2D eigenvalue weighted by Gasteiger charge is 2.15. The zero-order valence-corrected chi connectivity index (χ0v) is 12.9. The van der Waals surface area contributed by atoms with Crippen LogP contribution in [0.2, 0.25) is 0 Å². The number of nitrogens with one attached hydrogen (secondary N) is 1. The van der Waals surface area contributed by atoms with Gasteiger partial charge in [-0.05, 0) is 26.0 Å². The summed E-state index contributed by atoms with van der Waals surface area (Å²) in [6.45, 7) is 4.11. The lowest BCUT2D eigenvalue weighted by Crippen LogP contribution is -2.26. The Hall–Kier alpha value is -3.03. The zero-order valence-electron chi connectivity index (χ0n) is 12.9. The number of nitrogens with zero attached hydrogens (tertiary/aromatic N) is 5. The van der Waals surface area contributed by atoms with Crippen molar-refractivity contribution < 1.29 is 4.79 Å². The van der Waals surface area contributed by atoms with Gasteiger partial charge in [0.1, 0.15) is 0 Å². The molecule has 3 heterocycles. The van der Waals surface area contributed by atoms with Crippen molar-refractivity contribution >= 4 is 17.6 Å². The van der Waals surface area contributed by atoms with Gasteiger partial charge in [-0.2, -0.15) is 9.50 Å². The van der Waals surface area contributed by atoms with Gasteiger partial charge in [-0.15, -0.1) is 5.10 Å². The lowest BCUT2D eigenvalue weighted by Gasteiger charge is -2.10. The minimum Gasteiger partial charge on any atom is -0.366 e. The third kappa shape index (κ3) is 3.10. The van der Waals surface area contributed by atoms with E-state index >= 15 is 0 Å². The van der Waals surface area contributed by atoms with Gasteiger partial charge >= 0.3 is 0 Å². The van der Waals surface area contributed by atoms with E-state index in [1.165, 1.54) is 0 Å². The number of amides is 1. The van der Waals surface area contributed by atoms with Gasteiger partial charge in [-0.25, -0.2) is 4.98 Å². The van der Waals surface area contributed by atoms with E-state index < -0.39 is 0 Å². The molecule has 0 radical (unpaired) electrons. The number of carbonyl (C=O) groups excluding carboxylic acids is 1. The third-order valence-corrected chi connectivity index (χ3v) is 3.60. The Bertz CT molecular complexity index is 857. The molecular formula is C15H17N7O. The van der Waals surface area contributed by atoms with Crippen LogP contribution in [-0.2, 0) is 17.8 Å². The highest BCUT2D eigenvalue weighted by atomic mass is 16.1. The molecule has 0 saturated heterocycles. The standard InChI is InChI=1S/C15H17N7O/c1-9-12(10(2)22-15(19-9)20-14(16)21-22)7-13(23)18-8-11-5-3-4-6-17-11/h3-6H,7-8H2,1-2H3,(H2,16,21)(H,18,23). The van der Waals surface area contributed by atoms with Crippen LogP contribution in [0.25, 0.3) is 5.78 Å². The first-order chi connectivity index (χ1) is 11.0. The maximum absolute atomic E-state index is 12.2. The van der Waals surface area contributed by atoms with E-state index in [9.17, 15) is 4.79 Å². The molecule has 3 rings (SSSR count). The molecular weight excluding hydrogens is 294 g/mol. The first-order valence-electron chi connectivity index (χ1n) is 7.19. The van der Waals surface area contributed by atoms with Crippen LogP contribution in [0.15, 0.2) is 24.4 Å². The first-order valence-corrected chi connectivity index (χ1v) is 7.19. The van der Waals surface area contributed by atoms with Crippen molar-refractivity contribution in [2.75, 3.05) is 5.73 Å². The molecule has 0 aliphatic heterocycles. The predicted octanol–water partition coefficient (Wildman–Crippen LogP) is 0.577. The second kappa shape index (κ2) is 5.99. The molecule has 3 aromatic heterocycles. The van der Waals surface area contributed by atoms with Crippen LogP contribution in [-0.4, -0.2) is 30.5 Å². The summed E-state index contributed by atoms with van der Waals surface area (Å²) in [5.74, 6) is 0.503. The molecule has 3 N–H and O–H groups in total. The second-order valence-corrected chi connectivity index (χ2v) is 5.22. The lowest BCUT2D eigenvalue weighted by atomic mass is 10.1. The van der Waals surface area contributed by atoms with Crippen molar-refractivity contribution in [3.63, 3.8) is 0 Å². The Labute approximate surface area is 132 Å². The van der Waals surface area contributed by atoms with E-state index in [0.717, 1.165) is 22.6 Å². The zero-order chi connectivity index (χ0) is 16.4. The van der Waals surface area contributed by atoms with Crippen molar-refractivity contribution in [1.82, 2.24) is 29.9 Å². The van der Waals surface area contributed by atoms with Crippen molar-refractivity contribution in [1.29, 1.82) is 0 Å². The molecule has 0 saturated carbocycles. The Balaban J connectivity index is 1.76. The van der Waals surface area contributed by atoms with Gasteiger partial charge in [0, 0.05) is 23.1 Å². The summed E-state index contributed by atoms with van der Waals surface area (Å²) in [7, 11) is 0. The number of aryl methyl sites for hydroxylation is 2. The van der Waals surface area contributed by atoms with Crippen LogP contribution in [0.4, 0.5) is 5.95 Å². The van der Waals surface area contributed by atoms with E-state index in [1.807, 2.05) is 32.0 Å². The summed E-state index contributed by atoms with van der Waals surface area (Å²) in [4.78, 5) is 24.8. The topological polar surface area (TPSA) is 111 Å². The van der Waals surface area contributed by atoms with E-state index in [-0.39, 0.29) is 18.3 Å². The van der Waals surface area contributed by atoms with Gasteiger partial charge in [0.25, 0.3) is 5.78 Å². The predicted molar refractivity (Wildman–Crippen MR) is 84.5 cm³/mol. The Morgan fingerprint density at radius 3 is 2.87 bits per heavy atom. The van der Waals surface area contributed by atoms with Crippen LogP contribution in [0, 0.1) is 13.8 Å². The number of carbonyl (C=O) groups is 1. The molecule has 1 amide bonds. The molecule has 0 aliphatic rings. The summed E-state index contributed by atoms with van der Waals surface area (Å²) in [6.07, 6.45) is 1.91. The molecule has 23 heavy (non-hydrogen) atoms. The van der Waals surface area contributed by atoms with Gasteiger partial charge < -0.3 is 11.1 Å². The van der Waals surface area contributed by atoms with Gasteiger partial charge in [0.2, 0.25) is 11.9 Å². The fraction of sp³-hybridized carbons (Fsp3) is 0.267. The SMILES string of the molecule is Cc1nc2nc(N)nn2c(C)c1CC(=O)NCc1ccccn1. The molecule has 0 unspecified atom stereocenters. The molecule has 0 fully saturated rings. The minimum atomic E-state index is -0.101. The maximum Gasteiger partial charge on any atom is 0.254 e. The van der Waals surface area contributed by atoms with Gasteiger partial charge in [0.15, 0.2) is 0 Å². The smallest absolute Gasteiger partial charge is 0.254 e. The molecule has 0 aromatic carbocycles. The summed E-state index contributed by atoms with van der Waals surface area (Å²) >= 11 is 0. The number of rotatable bonds is 4. The lowest BCUT2D eigenvalue weighted by molar-refractivity contribution is -0.120. The molecule has 3 aromatic rings. The molecule has 118 valence electrons. The monoisotopic (exact) mass is 311 g/mol. The fourth-order valence-electron chi connectivity index (χ4n) is 2.39. The number of fused-ring (bicyclic) bond motifs is 1. The number of aromatic nitrogens is 5. The first kappa shape index (κ1) is 14.9. The van der Waals surface area contributed by atoms with Crippen molar-refractivity contribution in [3.8, 4) is 0 Å². The second-order valence-electron chi connectivity index (χ2n) is 5.22. The summed E-state index contributed by atoms with van der Waals surface area (Å²) in [5.41, 5.74) is 8.79. The van der Waals surface area contributed by atoms with E-state index in [1.54, 1.807) is 10.7 Å². The number of nitrogen functional groups attached to an aromatic ring is 1. The average molecular weight is 311 g/mol. The van der Waals surface area contributed by atoms with Crippen LogP contribution < -0.4 is 11.1 Å².